The van der Waals surface area contributed by atoms with Crippen LogP contribution >= 0.6 is 0 Å². The second-order valence-corrected chi connectivity index (χ2v) is 5.78. The first-order chi connectivity index (χ1) is 9.62. The van der Waals surface area contributed by atoms with Crippen LogP contribution in [-0.4, -0.2) is 37.1 Å². The van der Waals surface area contributed by atoms with Gasteiger partial charge in [-0.2, -0.15) is 9.61 Å². The van der Waals surface area contributed by atoms with Gasteiger partial charge < -0.3 is 10.4 Å². The number of nitrogens with zero attached hydrogens (tertiary/aromatic N) is 3. The molecule has 2 aromatic rings. The molecule has 2 heterocycles. The number of rotatable bonds is 3. The summed E-state index contributed by atoms with van der Waals surface area (Å²) in [6.07, 6.45) is 4.09. The van der Waals surface area contributed by atoms with Crippen LogP contribution in [0.1, 0.15) is 32.6 Å². The van der Waals surface area contributed by atoms with E-state index >= 15 is 0 Å². The van der Waals surface area contributed by atoms with Gasteiger partial charge in [0.2, 0.25) is 0 Å². The minimum Gasteiger partial charge on any atom is -0.394 e. The molecule has 0 spiro atoms. The van der Waals surface area contributed by atoms with Crippen molar-refractivity contribution in [2.45, 2.75) is 38.1 Å². The lowest BCUT2D eigenvalue weighted by atomic mass is 9.77. The van der Waals surface area contributed by atoms with Gasteiger partial charge in [-0.25, -0.2) is 9.89 Å². The van der Waals surface area contributed by atoms with Crippen LogP contribution in [0.15, 0.2) is 16.9 Å². The van der Waals surface area contributed by atoms with Crippen LogP contribution in [0.5, 0.6) is 0 Å². The van der Waals surface area contributed by atoms with E-state index in [1.165, 1.54) is 10.9 Å². The van der Waals surface area contributed by atoms with Crippen molar-refractivity contribution in [1.82, 2.24) is 19.8 Å². The molecule has 1 saturated carbocycles. The molecule has 0 amide bonds. The Morgan fingerprint density at radius 2 is 2.45 bits per heavy atom. The van der Waals surface area contributed by atoms with E-state index in [4.69, 9.17) is 0 Å². The monoisotopic (exact) mass is 277 g/mol. The number of fused-ring (bicyclic) bond motifs is 1. The molecule has 2 atom stereocenters. The lowest BCUT2D eigenvalue weighted by Gasteiger charge is -2.39. The zero-order valence-corrected chi connectivity index (χ0v) is 11.5. The number of aromatic amines is 1. The highest BCUT2D eigenvalue weighted by Crippen LogP contribution is 2.34. The normalized spacial score (nSPS) is 26.8. The summed E-state index contributed by atoms with van der Waals surface area (Å²) in [4.78, 5) is 11.5. The third kappa shape index (κ3) is 2.29. The molecule has 7 heteroatoms. The molecule has 1 fully saturated rings. The van der Waals surface area contributed by atoms with Crippen molar-refractivity contribution < 1.29 is 5.11 Å². The van der Waals surface area contributed by atoms with Crippen LogP contribution in [0.4, 0.5) is 5.82 Å². The molecule has 7 nitrogen and oxygen atoms in total. The van der Waals surface area contributed by atoms with E-state index in [0.717, 1.165) is 19.3 Å². The largest absolute Gasteiger partial charge is 0.394 e. The van der Waals surface area contributed by atoms with Gasteiger partial charge in [-0.1, -0.05) is 19.8 Å². The van der Waals surface area contributed by atoms with Crippen LogP contribution < -0.4 is 11.0 Å². The van der Waals surface area contributed by atoms with Gasteiger partial charge in [-0.15, -0.1) is 5.10 Å². The summed E-state index contributed by atoms with van der Waals surface area (Å²) in [5, 5.41) is 23.5. The quantitative estimate of drug-likeness (QED) is 0.770. The molecule has 3 rings (SSSR count). The van der Waals surface area contributed by atoms with Crippen molar-refractivity contribution in [3.8, 4) is 0 Å². The number of aliphatic hydroxyl groups excluding tert-OH is 1. The molecule has 0 saturated heterocycles. The van der Waals surface area contributed by atoms with Gasteiger partial charge in [0.05, 0.1) is 12.1 Å². The standard InChI is InChI=1S/C13H19N5O2/c1-9-3-2-6-13(7-9,8-19)14-10-4-5-11-15-16-12(20)18(11)17-10/h4-5,9,19H,2-3,6-8H2,1H3,(H,14,17)(H,16,20). The van der Waals surface area contributed by atoms with E-state index in [-0.39, 0.29) is 17.8 Å². The van der Waals surface area contributed by atoms with E-state index in [1.807, 2.05) is 0 Å². The molecular formula is C13H19N5O2. The second kappa shape index (κ2) is 4.90. The average Bonchev–Trinajstić information content (AvgIpc) is 2.80. The first kappa shape index (κ1) is 13.1. The van der Waals surface area contributed by atoms with Crippen molar-refractivity contribution in [2.75, 3.05) is 11.9 Å². The number of anilines is 1. The van der Waals surface area contributed by atoms with Crippen LogP contribution in [-0.2, 0) is 0 Å². The van der Waals surface area contributed by atoms with E-state index in [9.17, 15) is 9.90 Å². The Morgan fingerprint density at radius 1 is 1.60 bits per heavy atom. The third-order valence-corrected chi connectivity index (χ3v) is 4.06. The lowest BCUT2D eigenvalue weighted by Crippen LogP contribution is -2.46. The SMILES string of the molecule is CC1CCCC(CO)(Nc2ccc3n[nH]c(=O)n3n2)C1. The van der Waals surface area contributed by atoms with E-state index in [0.29, 0.717) is 17.4 Å². The van der Waals surface area contributed by atoms with Gasteiger partial charge in [0.15, 0.2) is 5.65 Å². The zero-order chi connectivity index (χ0) is 14.2. The molecule has 0 aliphatic heterocycles. The fraction of sp³-hybridized carbons (Fsp3) is 0.615. The summed E-state index contributed by atoms with van der Waals surface area (Å²) in [5.41, 5.74) is -0.222. The van der Waals surface area contributed by atoms with Crippen molar-refractivity contribution >= 4 is 11.5 Å². The first-order valence-corrected chi connectivity index (χ1v) is 6.95. The van der Waals surface area contributed by atoms with Crippen molar-refractivity contribution in [3.63, 3.8) is 0 Å². The summed E-state index contributed by atoms with van der Waals surface area (Å²) in [6, 6.07) is 3.51. The van der Waals surface area contributed by atoms with Gasteiger partial charge in [-0.05, 0) is 30.9 Å². The topological polar surface area (TPSA) is 95.3 Å². The lowest BCUT2D eigenvalue weighted by molar-refractivity contribution is 0.149. The number of H-pyrrole nitrogens is 1. The van der Waals surface area contributed by atoms with Gasteiger partial charge in [0.25, 0.3) is 0 Å². The fourth-order valence-corrected chi connectivity index (χ4v) is 3.10. The van der Waals surface area contributed by atoms with Crippen molar-refractivity contribution in [1.29, 1.82) is 0 Å². The first-order valence-electron chi connectivity index (χ1n) is 6.95. The minimum atomic E-state index is -0.362. The summed E-state index contributed by atoms with van der Waals surface area (Å²) < 4.78 is 1.22. The van der Waals surface area contributed by atoms with Crippen molar-refractivity contribution in [3.05, 3.63) is 22.6 Å². The molecule has 0 bridgehead atoms. The number of hydrogen-bond donors (Lipinski definition) is 3. The number of aliphatic hydroxyl groups is 1. The minimum absolute atomic E-state index is 0.0668. The molecule has 1 aliphatic rings. The Bertz CT molecular complexity index is 664. The molecule has 3 N–H and O–H groups in total. The highest BCUT2D eigenvalue weighted by Gasteiger charge is 2.34. The summed E-state index contributed by atoms with van der Waals surface area (Å²) in [7, 11) is 0. The predicted octanol–water partition coefficient (Wildman–Crippen LogP) is 0.771. The van der Waals surface area contributed by atoms with Crippen molar-refractivity contribution in [2.24, 2.45) is 5.92 Å². The maximum absolute atomic E-state index is 11.5. The Kier molecular flexibility index (Phi) is 3.21. The molecular weight excluding hydrogens is 258 g/mol. The Labute approximate surface area is 116 Å². The molecule has 2 aromatic heterocycles. The van der Waals surface area contributed by atoms with Crippen LogP contribution in [0.25, 0.3) is 5.65 Å². The Balaban J connectivity index is 1.90. The number of nitrogens with one attached hydrogen (secondary N) is 2. The molecule has 2 unspecified atom stereocenters. The molecule has 20 heavy (non-hydrogen) atoms. The molecule has 0 aromatic carbocycles. The summed E-state index contributed by atoms with van der Waals surface area (Å²) in [6.45, 7) is 2.26. The smallest absolute Gasteiger partial charge is 0.364 e. The van der Waals surface area contributed by atoms with E-state index < -0.39 is 0 Å². The Hall–Kier alpha value is -1.89. The highest BCUT2D eigenvalue weighted by atomic mass is 16.3. The Morgan fingerprint density at radius 3 is 3.20 bits per heavy atom. The number of hydrogen-bond acceptors (Lipinski definition) is 5. The molecule has 108 valence electrons. The highest BCUT2D eigenvalue weighted by molar-refractivity contribution is 5.44. The van der Waals surface area contributed by atoms with Gasteiger partial charge in [0, 0.05) is 0 Å². The summed E-state index contributed by atoms with van der Waals surface area (Å²) >= 11 is 0. The number of aromatic nitrogens is 4. The van der Waals surface area contributed by atoms with Gasteiger partial charge in [0.1, 0.15) is 5.82 Å². The third-order valence-electron chi connectivity index (χ3n) is 4.06. The van der Waals surface area contributed by atoms with Gasteiger partial charge >= 0.3 is 5.69 Å². The molecule has 1 aliphatic carbocycles. The van der Waals surface area contributed by atoms with Crippen LogP contribution in [0, 0.1) is 5.92 Å². The average molecular weight is 277 g/mol. The maximum Gasteiger partial charge on any atom is 0.364 e. The predicted molar refractivity (Wildman–Crippen MR) is 74.7 cm³/mol. The second-order valence-electron chi connectivity index (χ2n) is 5.78. The molecule has 0 radical (unpaired) electrons. The van der Waals surface area contributed by atoms with Gasteiger partial charge in [-0.3, -0.25) is 0 Å². The van der Waals surface area contributed by atoms with E-state index in [1.54, 1.807) is 12.1 Å². The van der Waals surface area contributed by atoms with Crippen LogP contribution in [0.3, 0.4) is 0 Å². The fourth-order valence-electron chi connectivity index (χ4n) is 3.10. The van der Waals surface area contributed by atoms with E-state index in [2.05, 4.69) is 27.5 Å². The summed E-state index contributed by atoms with van der Waals surface area (Å²) in [5.74, 6) is 1.16. The zero-order valence-electron chi connectivity index (χ0n) is 11.5. The maximum atomic E-state index is 11.5. The van der Waals surface area contributed by atoms with Crippen LogP contribution in [0.2, 0.25) is 0 Å².